The highest BCUT2D eigenvalue weighted by Gasteiger charge is 2.25. The van der Waals surface area contributed by atoms with Gasteiger partial charge in [0.05, 0.1) is 0 Å². The predicted octanol–water partition coefficient (Wildman–Crippen LogP) is 5.29. The predicted molar refractivity (Wildman–Crippen MR) is 135 cm³/mol. The molecule has 1 aliphatic carbocycles. The van der Waals surface area contributed by atoms with E-state index in [0.717, 1.165) is 29.5 Å². The number of rotatable bonds is 8. The second-order valence-corrected chi connectivity index (χ2v) is 8.81. The van der Waals surface area contributed by atoms with Gasteiger partial charge in [-0.1, -0.05) is 60.1 Å². The topological polar surface area (TPSA) is 75.3 Å². The zero-order valence-electron chi connectivity index (χ0n) is 18.8. The van der Waals surface area contributed by atoms with Crippen molar-refractivity contribution in [3.8, 4) is 0 Å². The molecule has 4 rings (SSSR count). The van der Waals surface area contributed by atoms with Crippen LogP contribution in [0.5, 0.6) is 0 Å². The summed E-state index contributed by atoms with van der Waals surface area (Å²) in [6.07, 6.45) is 3.81. The van der Waals surface area contributed by atoms with Crippen molar-refractivity contribution in [3.05, 3.63) is 106 Å². The summed E-state index contributed by atoms with van der Waals surface area (Å²) in [4.78, 5) is 36.8. The molecule has 1 saturated carbocycles. The fourth-order valence-electron chi connectivity index (χ4n) is 3.47. The van der Waals surface area contributed by atoms with Gasteiger partial charge in [-0.3, -0.25) is 14.4 Å². The molecule has 0 saturated heterocycles. The molecule has 3 aromatic rings. The molecule has 0 unspecified atom stereocenters. The zero-order valence-corrected chi connectivity index (χ0v) is 19.6. The van der Waals surface area contributed by atoms with Crippen LogP contribution in [-0.2, 0) is 11.3 Å². The number of carbonyl (C=O) groups is 3. The average molecular weight is 473 g/mol. The Morgan fingerprint density at radius 2 is 1.59 bits per heavy atom. The molecule has 0 bridgehead atoms. The first-order chi connectivity index (χ1) is 16.4. The third-order valence-electron chi connectivity index (χ3n) is 5.59. The van der Waals surface area contributed by atoms with E-state index in [4.69, 9.17) is 11.6 Å². The van der Waals surface area contributed by atoms with Crippen molar-refractivity contribution < 1.29 is 14.4 Å². The second-order valence-electron chi connectivity index (χ2n) is 8.37. The maximum absolute atomic E-state index is 12.9. The van der Waals surface area contributed by atoms with Crippen LogP contribution in [0, 0.1) is 0 Å². The maximum Gasteiger partial charge on any atom is 0.252 e. The normalized spacial score (nSPS) is 13.3. The third-order valence-corrected chi connectivity index (χ3v) is 5.83. The van der Waals surface area contributed by atoms with Gasteiger partial charge in [0.15, 0.2) is 5.78 Å². The van der Waals surface area contributed by atoms with E-state index >= 15 is 0 Å². The molecule has 1 aliphatic rings. The van der Waals surface area contributed by atoms with Gasteiger partial charge in [-0.25, -0.2) is 0 Å². The van der Waals surface area contributed by atoms with Crippen LogP contribution in [0.3, 0.4) is 0 Å². The highest BCUT2D eigenvalue weighted by Crippen LogP contribution is 2.25. The summed E-state index contributed by atoms with van der Waals surface area (Å²) in [7, 11) is 0. The molecule has 0 spiro atoms. The molecule has 0 radical (unpaired) electrons. The first kappa shape index (κ1) is 23.5. The number of hydrogen-bond acceptors (Lipinski definition) is 3. The van der Waals surface area contributed by atoms with Crippen LogP contribution in [0.25, 0.3) is 11.6 Å². The quantitative estimate of drug-likeness (QED) is 0.265. The number of benzene rings is 3. The summed E-state index contributed by atoms with van der Waals surface area (Å²) in [5.41, 5.74) is 4.14. The molecule has 2 amide bonds. The molecular weight excluding hydrogens is 448 g/mol. The minimum absolute atomic E-state index is 0.00765. The van der Waals surface area contributed by atoms with Crippen LogP contribution in [0.15, 0.2) is 72.8 Å². The van der Waals surface area contributed by atoms with Gasteiger partial charge in [0.2, 0.25) is 0 Å². The number of carbonyl (C=O) groups excluding carboxylic acids is 3. The zero-order chi connectivity index (χ0) is 24.1. The van der Waals surface area contributed by atoms with Crippen LogP contribution >= 0.6 is 11.6 Å². The number of Topliss-reactive ketones (excluding diaryl/α,β-unsaturated/α-hetero) is 1. The number of hydrogen-bond donors (Lipinski definition) is 2. The van der Waals surface area contributed by atoms with Crippen LogP contribution in [0.4, 0.5) is 0 Å². The standard InChI is InChI=1S/C28H25ClN2O3/c1-18(32)21-9-7-20(8-10-21)17-30-27(33)22-11-5-19(6-12-22)15-26(28(34)31-25-13-14-25)23-3-2-4-24(29)16-23/h2-12,15-16,25H,13-14,17H2,1H3,(H,30,33)(H,31,34)/b26-15+. The Labute approximate surface area is 203 Å². The molecule has 0 heterocycles. The van der Waals surface area contributed by atoms with Crippen LogP contribution < -0.4 is 10.6 Å². The Morgan fingerprint density at radius 3 is 2.21 bits per heavy atom. The average Bonchev–Trinajstić information content (AvgIpc) is 3.65. The molecule has 5 nitrogen and oxygen atoms in total. The smallest absolute Gasteiger partial charge is 0.252 e. The van der Waals surface area contributed by atoms with Crippen molar-refractivity contribution in [1.82, 2.24) is 10.6 Å². The van der Waals surface area contributed by atoms with Crippen molar-refractivity contribution in [2.45, 2.75) is 32.4 Å². The molecule has 0 aliphatic heterocycles. The first-order valence-electron chi connectivity index (χ1n) is 11.2. The summed E-state index contributed by atoms with van der Waals surface area (Å²) in [5.74, 6) is -0.330. The lowest BCUT2D eigenvalue weighted by atomic mass is 10.0. The van der Waals surface area contributed by atoms with Crippen molar-refractivity contribution >= 4 is 40.8 Å². The molecule has 1 fully saturated rings. The molecule has 34 heavy (non-hydrogen) atoms. The van der Waals surface area contributed by atoms with E-state index in [1.54, 1.807) is 36.4 Å². The highest BCUT2D eigenvalue weighted by atomic mass is 35.5. The summed E-state index contributed by atoms with van der Waals surface area (Å²) in [5, 5.41) is 6.48. The molecule has 3 aromatic carbocycles. The van der Waals surface area contributed by atoms with Gasteiger partial charge in [0.25, 0.3) is 11.8 Å². The first-order valence-corrected chi connectivity index (χ1v) is 11.5. The minimum Gasteiger partial charge on any atom is -0.349 e. The monoisotopic (exact) mass is 472 g/mol. The van der Waals surface area contributed by atoms with E-state index in [2.05, 4.69) is 10.6 Å². The van der Waals surface area contributed by atoms with Crippen molar-refractivity contribution in [3.63, 3.8) is 0 Å². The molecule has 6 heteroatoms. The van der Waals surface area contributed by atoms with Crippen LogP contribution in [0.2, 0.25) is 5.02 Å². The molecule has 0 aromatic heterocycles. The lowest BCUT2D eigenvalue weighted by Crippen LogP contribution is -2.26. The van der Waals surface area contributed by atoms with Gasteiger partial charge < -0.3 is 10.6 Å². The number of halogens is 1. The Kier molecular flexibility index (Phi) is 7.24. The highest BCUT2D eigenvalue weighted by molar-refractivity contribution is 6.31. The molecule has 172 valence electrons. The van der Waals surface area contributed by atoms with Crippen molar-refractivity contribution in [2.24, 2.45) is 0 Å². The number of nitrogens with one attached hydrogen (secondary N) is 2. The summed E-state index contributed by atoms with van der Waals surface area (Å²) in [6, 6.07) is 21.7. The summed E-state index contributed by atoms with van der Waals surface area (Å²) < 4.78 is 0. The lowest BCUT2D eigenvalue weighted by molar-refractivity contribution is -0.115. The van der Waals surface area contributed by atoms with Gasteiger partial charge in [-0.15, -0.1) is 0 Å². The van der Waals surface area contributed by atoms with Crippen molar-refractivity contribution in [1.29, 1.82) is 0 Å². The van der Waals surface area contributed by atoms with Gasteiger partial charge in [-0.2, -0.15) is 0 Å². The largest absolute Gasteiger partial charge is 0.349 e. The number of ketones is 1. The Bertz CT molecular complexity index is 1240. The van der Waals surface area contributed by atoms with E-state index in [0.29, 0.717) is 28.3 Å². The minimum atomic E-state index is -0.201. The third kappa shape index (κ3) is 6.21. The maximum atomic E-state index is 12.9. The van der Waals surface area contributed by atoms with Gasteiger partial charge >= 0.3 is 0 Å². The summed E-state index contributed by atoms with van der Waals surface area (Å²) in [6.45, 7) is 1.88. The molecule has 2 N–H and O–H groups in total. The fraction of sp³-hybridized carbons (Fsp3) is 0.179. The summed E-state index contributed by atoms with van der Waals surface area (Å²) >= 11 is 6.15. The second kappa shape index (κ2) is 10.5. The van der Waals surface area contributed by atoms with Gasteiger partial charge in [-0.05, 0) is 66.8 Å². The van der Waals surface area contributed by atoms with Crippen molar-refractivity contribution in [2.75, 3.05) is 0 Å². The number of amides is 2. The lowest BCUT2D eigenvalue weighted by Gasteiger charge is -2.10. The van der Waals surface area contributed by atoms with E-state index in [1.807, 2.05) is 42.5 Å². The molecular formula is C28H25ClN2O3. The Hall–Kier alpha value is -3.70. The van der Waals surface area contributed by atoms with Gasteiger partial charge in [0, 0.05) is 34.3 Å². The Balaban J connectivity index is 1.46. The van der Waals surface area contributed by atoms with E-state index in [9.17, 15) is 14.4 Å². The SMILES string of the molecule is CC(=O)c1ccc(CNC(=O)c2ccc(/C=C(/C(=O)NC3CC3)c3cccc(Cl)c3)cc2)cc1. The van der Waals surface area contributed by atoms with E-state index in [-0.39, 0.29) is 23.6 Å². The Morgan fingerprint density at radius 1 is 0.912 bits per heavy atom. The fourth-order valence-corrected chi connectivity index (χ4v) is 3.66. The van der Waals surface area contributed by atoms with Crippen LogP contribution in [-0.4, -0.2) is 23.6 Å². The van der Waals surface area contributed by atoms with Crippen LogP contribution in [0.1, 0.15) is 57.2 Å². The van der Waals surface area contributed by atoms with Gasteiger partial charge in [0.1, 0.15) is 0 Å². The molecule has 0 atom stereocenters. The van der Waals surface area contributed by atoms with E-state index < -0.39 is 0 Å². The van der Waals surface area contributed by atoms with E-state index in [1.165, 1.54) is 6.92 Å².